The lowest BCUT2D eigenvalue weighted by molar-refractivity contribution is 0.281. The molecule has 0 atom stereocenters. The van der Waals surface area contributed by atoms with Crippen molar-refractivity contribution in [2.75, 3.05) is 6.61 Å². The van der Waals surface area contributed by atoms with Gasteiger partial charge in [-0.2, -0.15) is 0 Å². The maximum atomic E-state index is 12.3. The van der Waals surface area contributed by atoms with E-state index in [0.717, 1.165) is 41.8 Å². The Hall–Kier alpha value is -2.86. The van der Waals surface area contributed by atoms with Gasteiger partial charge in [0, 0.05) is 13.2 Å². The van der Waals surface area contributed by atoms with Gasteiger partial charge in [0.15, 0.2) is 5.58 Å². The van der Waals surface area contributed by atoms with Crippen LogP contribution in [0.1, 0.15) is 18.7 Å². The van der Waals surface area contributed by atoms with E-state index >= 15 is 0 Å². The average Bonchev–Trinajstić information content (AvgIpc) is 3.13. The topological polar surface area (TPSA) is 73.2 Å². The normalized spacial score (nSPS) is 11.6. The maximum Gasteiger partial charge on any atom is 0.420 e. The fourth-order valence-corrected chi connectivity index (χ4v) is 3.18. The standard InChI is InChI=1S/C19H19N3O3/c23-12-6-5-11-21-15-8-2-1-7-14(15)20-18(21)13-22-16-9-3-4-10-17(16)25-19(22)24/h1-4,7-10,23H,5-6,11-13H2. The van der Waals surface area contributed by atoms with Crippen LogP contribution in [0.15, 0.2) is 57.7 Å². The predicted molar refractivity (Wildman–Crippen MR) is 95.6 cm³/mol. The summed E-state index contributed by atoms with van der Waals surface area (Å²) in [5, 5.41) is 9.06. The lowest BCUT2D eigenvalue weighted by atomic mass is 10.3. The molecule has 4 rings (SSSR count). The van der Waals surface area contributed by atoms with Crippen LogP contribution in [0.2, 0.25) is 0 Å². The summed E-state index contributed by atoms with van der Waals surface area (Å²) in [5.74, 6) is 0.433. The van der Waals surface area contributed by atoms with Gasteiger partial charge in [-0.25, -0.2) is 9.78 Å². The van der Waals surface area contributed by atoms with Gasteiger partial charge in [0.25, 0.3) is 0 Å². The number of aliphatic hydroxyl groups excluding tert-OH is 1. The number of hydrogen-bond donors (Lipinski definition) is 1. The minimum Gasteiger partial charge on any atom is -0.408 e. The molecule has 0 bridgehead atoms. The highest BCUT2D eigenvalue weighted by Crippen LogP contribution is 2.19. The summed E-state index contributed by atoms with van der Waals surface area (Å²) < 4.78 is 9.06. The average molecular weight is 337 g/mol. The van der Waals surface area contributed by atoms with Crippen LogP contribution in [-0.2, 0) is 13.1 Å². The van der Waals surface area contributed by atoms with Gasteiger partial charge < -0.3 is 14.1 Å². The third-order valence-electron chi connectivity index (χ3n) is 4.40. The number of imidazole rings is 1. The van der Waals surface area contributed by atoms with Crippen molar-refractivity contribution in [3.8, 4) is 0 Å². The molecular weight excluding hydrogens is 318 g/mol. The van der Waals surface area contributed by atoms with Crippen molar-refractivity contribution < 1.29 is 9.52 Å². The predicted octanol–water partition coefficient (Wildman–Crippen LogP) is 2.77. The van der Waals surface area contributed by atoms with Crippen molar-refractivity contribution >= 4 is 22.1 Å². The molecule has 2 heterocycles. The van der Waals surface area contributed by atoms with Crippen molar-refractivity contribution in [2.24, 2.45) is 0 Å². The summed E-state index contributed by atoms with van der Waals surface area (Å²) in [6.45, 7) is 1.28. The molecule has 0 fully saturated rings. The molecule has 0 radical (unpaired) electrons. The van der Waals surface area contributed by atoms with E-state index < -0.39 is 0 Å². The van der Waals surface area contributed by atoms with Crippen LogP contribution < -0.4 is 5.76 Å². The van der Waals surface area contributed by atoms with Crippen LogP contribution in [0.5, 0.6) is 0 Å². The third-order valence-corrected chi connectivity index (χ3v) is 4.40. The second kappa shape index (κ2) is 6.57. The van der Waals surface area contributed by atoms with Gasteiger partial charge in [0.05, 0.1) is 23.1 Å². The summed E-state index contributed by atoms with van der Waals surface area (Å²) in [6.07, 6.45) is 1.59. The first-order valence-corrected chi connectivity index (χ1v) is 8.41. The van der Waals surface area contributed by atoms with E-state index in [2.05, 4.69) is 4.57 Å². The molecule has 25 heavy (non-hydrogen) atoms. The quantitative estimate of drug-likeness (QED) is 0.549. The van der Waals surface area contributed by atoms with Crippen LogP contribution in [0.3, 0.4) is 0 Å². The van der Waals surface area contributed by atoms with Crippen molar-refractivity contribution in [1.82, 2.24) is 14.1 Å². The summed E-state index contributed by atoms with van der Waals surface area (Å²) in [4.78, 5) is 17.0. The van der Waals surface area contributed by atoms with Gasteiger partial charge in [0.2, 0.25) is 0 Å². The van der Waals surface area contributed by atoms with Gasteiger partial charge >= 0.3 is 5.76 Å². The van der Waals surface area contributed by atoms with Crippen molar-refractivity contribution in [1.29, 1.82) is 0 Å². The van der Waals surface area contributed by atoms with E-state index in [9.17, 15) is 4.79 Å². The SMILES string of the molecule is O=c1oc2ccccc2n1Cc1nc2ccccc2n1CCCCO. The van der Waals surface area contributed by atoms with Gasteiger partial charge in [-0.05, 0) is 37.1 Å². The number of fused-ring (bicyclic) bond motifs is 2. The number of nitrogens with zero attached hydrogens (tertiary/aromatic N) is 3. The van der Waals surface area contributed by atoms with E-state index in [-0.39, 0.29) is 12.4 Å². The number of aliphatic hydroxyl groups is 1. The zero-order valence-electron chi connectivity index (χ0n) is 13.8. The van der Waals surface area contributed by atoms with Gasteiger partial charge in [-0.1, -0.05) is 24.3 Å². The summed E-state index contributed by atoms with van der Waals surface area (Å²) in [5.41, 5.74) is 3.29. The monoisotopic (exact) mass is 337 g/mol. The molecule has 128 valence electrons. The Labute approximate surface area is 143 Å². The second-order valence-electron chi connectivity index (χ2n) is 6.02. The summed E-state index contributed by atoms with van der Waals surface area (Å²) in [6, 6.07) is 15.3. The Morgan fingerprint density at radius 2 is 1.72 bits per heavy atom. The first-order chi connectivity index (χ1) is 12.3. The van der Waals surface area contributed by atoms with Gasteiger partial charge in [-0.15, -0.1) is 0 Å². The van der Waals surface area contributed by atoms with Crippen molar-refractivity contribution in [3.05, 3.63) is 64.9 Å². The number of oxazole rings is 1. The number of unbranched alkanes of at least 4 members (excludes halogenated alkanes) is 1. The Morgan fingerprint density at radius 1 is 0.960 bits per heavy atom. The molecule has 0 saturated carbocycles. The fourth-order valence-electron chi connectivity index (χ4n) is 3.18. The molecule has 0 amide bonds. The van der Waals surface area contributed by atoms with Gasteiger partial charge in [-0.3, -0.25) is 4.57 Å². The highest BCUT2D eigenvalue weighted by Gasteiger charge is 2.15. The molecule has 0 aliphatic carbocycles. The molecule has 1 N–H and O–H groups in total. The van der Waals surface area contributed by atoms with E-state index in [1.807, 2.05) is 42.5 Å². The number of aromatic nitrogens is 3. The highest BCUT2D eigenvalue weighted by molar-refractivity contribution is 5.76. The first-order valence-electron chi connectivity index (χ1n) is 8.41. The van der Waals surface area contributed by atoms with E-state index in [1.165, 1.54) is 0 Å². The van der Waals surface area contributed by atoms with E-state index in [4.69, 9.17) is 14.5 Å². The van der Waals surface area contributed by atoms with Crippen molar-refractivity contribution in [2.45, 2.75) is 25.9 Å². The number of para-hydroxylation sites is 4. The Kier molecular flexibility index (Phi) is 4.11. The first kappa shape index (κ1) is 15.7. The van der Waals surface area contributed by atoms with Crippen LogP contribution in [0.4, 0.5) is 0 Å². The van der Waals surface area contributed by atoms with Crippen LogP contribution in [0, 0.1) is 0 Å². The zero-order chi connectivity index (χ0) is 17.2. The minimum absolute atomic E-state index is 0.174. The van der Waals surface area contributed by atoms with E-state index in [1.54, 1.807) is 10.6 Å². The lowest BCUT2D eigenvalue weighted by Gasteiger charge is -2.09. The molecule has 2 aromatic carbocycles. The molecule has 6 heteroatoms. The molecular formula is C19H19N3O3. The maximum absolute atomic E-state index is 12.3. The number of rotatable bonds is 6. The number of aryl methyl sites for hydroxylation is 1. The Bertz CT molecular complexity index is 1070. The summed E-state index contributed by atoms with van der Waals surface area (Å²) in [7, 11) is 0. The molecule has 0 aliphatic rings. The van der Waals surface area contributed by atoms with Crippen LogP contribution in [0.25, 0.3) is 22.1 Å². The number of hydrogen-bond acceptors (Lipinski definition) is 4. The van der Waals surface area contributed by atoms with Crippen LogP contribution >= 0.6 is 0 Å². The molecule has 0 aliphatic heterocycles. The molecule has 4 aromatic rings. The summed E-state index contributed by atoms with van der Waals surface area (Å²) >= 11 is 0. The smallest absolute Gasteiger partial charge is 0.408 e. The zero-order valence-corrected chi connectivity index (χ0v) is 13.8. The Morgan fingerprint density at radius 3 is 2.56 bits per heavy atom. The third kappa shape index (κ3) is 2.85. The van der Waals surface area contributed by atoms with Crippen LogP contribution in [-0.4, -0.2) is 25.8 Å². The fraction of sp³-hybridized carbons (Fsp3) is 0.263. The molecule has 0 unspecified atom stereocenters. The molecule has 2 aromatic heterocycles. The second-order valence-corrected chi connectivity index (χ2v) is 6.02. The molecule has 6 nitrogen and oxygen atoms in total. The Balaban J connectivity index is 1.79. The van der Waals surface area contributed by atoms with Gasteiger partial charge in [0.1, 0.15) is 5.82 Å². The lowest BCUT2D eigenvalue weighted by Crippen LogP contribution is -2.18. The molecule has 0 saturated heterocycles. The molecule has 0 spiro atoms. The number of benzene rings is 2. The van der Waals surface area contributed by atoms with Crippen molar-refractivity contribution in [3.63, 3.8) is 0 Å². The highest BCUT2D eigenvalue weighted by atomic mass is 16.4. The minimum atomic E-state index is -0.379. The largest absolute Gasteiger partial charge is 0.420 e. The van der Waals surface area contributed by atoms with E-state index in [0.29, 0.717) is 12.1 Å².